The van der Waals surface area contributed by atoms with Gasteiger partial charge in [-0.1, -0.05) is 0 Å². The Hall–Kier alpha value is 0.500. The summed E-state index contributed by atoms with van der Waals surface area (Å²) in [6, 6.07) is 0. The molecule has 0 unspecified atom stereocenters. The van der Waals surface area contributed by atoms with Crippen LogP contribution in [0.25, 0.3) is 0 Å². The van der Waals surface area contributed by atoms with Gasteiger partial charge in [-0.05, 0) is 18.8 Å². The molecule has 0 fully saturated rings. The van der Waals surface area contributed by atoms with Crippen molar-refractivity contribution in [3.05, 3.63) is 0 Å². The van der Waals surface area contributed by atoms with Crippen LogP contribution in [0.4, 0.5) is 0 Å². The molecular weight excluding hydrogens is 116 g/mol. The first-order chi connectivity index (χ1) is 2.00. The second-order valence-corrected chi connectivity index (χ2v) is 5.67. The highest BCUT2D eigenvalue weighted by Crippen LogP contribution is 1.76. The third kappa shape index (κ3) is 221. The average Bonchev–Trinajstić information content (AvgIpc) is 0.722. The van der Waals surface area contributed by atoms with Gasteiger partial charge in [-0.2, -0.15) is 13.5 Å². The molecule has 0 aliphatic rings. The minimum Gasteiger partial charge on any atom is -0.286 e. The normalized spacial score (nSPS) is 12.5. The molecule has 0 heterocycles. The highest BCUT2D eigenvalue weighted by Gasteiger charge is 1.79. The highest BCUT2D eigenvalue weighted by atomic mass is 32.2. The van der Waals surface area contributed by atoms with E-state index in [1.54, 1.807) is 18.8 Å². The molecule has 0 saturated heterocycles. The van der Waals surface area contributed by atoms with Crippen molar-refractivity contribution in [3.8, 4) is 0 Å². The van der Waals surface area contributed by atoms with Gasteiger partial charge in [0.1, 0.15) is 0 Å². The Balaban J connectivity index is 0. The lowest BCUT2D eigenvalue weighted by Gasteiger charge is -1.95. The monoisotopic (exact) mass is 128 g/mol. The second kappa shape index (κ2) is 2.64. The zero-order valence-electron chi connectivity index (χ0n) is 4.36. The van der Waals surface area contributed by atoms with Crippen LogP contribution in [0.1, 0.15) is 0 Å². The maximum absolute atomic E-state index is 10.2. The van der Waals surface area contributed by atoms with Gasteiger partial charge in [-0.15, -0.1) is 9.93 Å². The van der Waals surface area contributed by atoms with Gasteiger partial charge in [0.05, 0.1) is 0 Å². The van der Waals surface area contributed by atoms with E-state index in [0.29, 0.717) is 0 Å². The van der Waals surface area contributed by atoms with Gasteiger partial charge in [0, 0.05) is 0 Å². The summed E-state index contributed by atoms with van der Waals surface area (Å²) in [4.78, 5) is 0. The minimum absolute atomic E-state index is 0. The van der Waals surface area contributed by atoms with E-state index in [-0.39, 0.29) is 13.5 Å². The summed E-state index contributed by atoms with van der Waals surface area (Å²) in [6.07, 6.45) is 5.23. The molecule has 0 aliphatic carbocycles. The molecule has 0 aromatic carbocycles. The molecule has 0 aliphatic heterocycles. The van der Waals surface area contributed by atoms with Crippen LogP contribution in [0.3, 0.4) is 0 Å². The van der Waals surface area contributed by atoms with Crippen molar-refractivity contribution in [3.63, 3.8) is 0 Å². The molecule has 0 atom stereocenters. The van der Waals surface area contributed by atoms with Gasteiger partial charge in [0.15, 0.2) is 0 Å². The van der Waals surface area contributed by atoms with Crippen LogP contribution >= 0.6 is 13.5 Å². The van der Waals surface area contributed by atoms with Crippen LogP contribution in [0, 0.1) is 0 Å². The SMILES string of the molecule is C[SH](C)(C)=O.S. The first kappa shape index (κ1) is 9.71. The van der Waals surface area contributed by atoms with E-state index in [2.05, 4.69) is 0 Å². The lowest BCUT2D eigenvalue weighted by atomic mass is 11.9. The van der Waals surface area contributed by atoms with E-state index in [9.17, 15) is 4.21 Å². The first-order valence-corrected chi connectivity index (χ1v) is 4.57. The van der Waals surface area contributed by atoms with Crippen molar-refractivity contribution in [1.82, 2.24) is 0 Å². The predicted molar refractivity (Wildman–Crippen MR) is 37.7 cm³/mol. The summed E-state index contributed by atoms with van der Waals surface area (Å²) in [5, 5.41) is 0. The number of rotatable bonds is 0. The number of hydrogen-bond donors (Lipinski definition) is 1. The van der Waals surface area contributed by atoms with Crippen LogP contribution in [-0.4, -0.2) is 23.0 Å². The van der Waals surface area contributed by atoms with Crippen LogP contribution in [0.2, 0.25) is 0 Å². The van der Waals surface area contributed by atoms with Crippen molar-refractivity contribution in [2.45, 2.75) is 0 Å². The fourth-order valence-corrected chi connectivity index (χ4v) is 0. The summed E-state index contributed by atoms with van der Waals surface area (Å²) in [7, 11) is -1.64. The largest absolute Gasteiger partial charge is 0.286 e. The topological polar surface area (TPSA) is 17.1 Å². The Morgan fingerprint density at radius 2 is 1.17 bits per heavy atom. The fraction of sp³-hybridized carbons (Fsp3) is 1.00. The molecule has 0 amide bonds. The Morgan fingerprint density at radius 3 is 1.17 bits per heavy atom. The van der Waals surface area contributed by atoms with E-state index in [0.717, 1.165) is 0 Å². The Bertz CT molecular complexity index is 54.9. The lowest BCUT2D eigenvalue weighted by Crippen LogP contribution is -1.99. The Kier molecular flexibility index (Phi) is 4.27. The molecule has 1 nitrogen and oxygen atoms in total. The van der Waals surface area contributed by atoms with E-state index in [4.69, 9.17) is 0 Å². The maximum Gasteiger partial charge on any atom is -0.0108 e. The second-order valence-electron chi connectivity index (χ2n) is 1.89. The average molecular weight is 128 g/mol. The fourth-order valence-electron chi connectivity index (χ4n) is 0. The molecule has 0 aromatic rings. The summed E-state index contributed by atoms with van der Waals surface area (Å²) < 4.78 is 10.2. The zero-order chi connectivity index (χ0) is 4.50. The van der Waals surface area contributed by atoms with Crippen LogP contribution in [0.15, 0.2) is 0 Å². The number of thiol groups is 1. The summed E-state index contributed by atoms with van der Waals surface area (Å²) in [5.41, 5.74) is 0. The molecule has 0 aromatic heterocycles. The predicted octanol–water partition coefficient (Wildman–Crippen LogP) is 0.00530. The summed E-state index contributed by atoms with van der Waals surface area (Å²) in [6.45, 7) is 0. The molecule has 6 heavy (non-hydrogen) atoms. The smallest absolute Gasteiger partial charge is 0.0108 e. The molecule has 3 heteroatoms. The third-order valence-corrected chi connectivity index (χ3v) is 0. The van der Waals surface area contributed by atoms with Gasteiger partial charge >= 0.3 is 0 Å². The van der Waals surface area contributed by atoms with E-state index >= 15 is 0 Å². The molecule has 0 bridgehead atoms. The molecular formula is C3H12OS2. The molecule has 0 N–H and O–H groups in total. The van der Waals surface area contributed by atoms with E-state index in [1.165, 1.54) is 0 Å². The van der Waals surface area contributed by atoms with Gasteiger partial charge in [-0.25, -0.2) is 0 Å². The third-order valence-electron chi connectivity index (χ3n) is 0. The molecule has 0 spiro atoms. The molecule has 0 saturated carbocycles. The van der Waals surface area contributed by atoms with Crippen molar-refractivity contribution in [2.75, 3.05) is 18.8 Å². The van der Waals surface area contributed by atoms with Gasteiger partial charge < -0.3 is 0 Å². The van der Waals surface area contributed by atoms with Gasteiger partial charge in [0.25, 0.3) is 0 Å². The minimum atomic E-state index is -1.64. The van der Waals surface area contributed by atoms with E-state index < -0.39 is 9.93 Å². The summed E-state index contributed by atoms with van der Waals surface area (Å²) >= 11 is 0. The van der Waals surface area contributed by atoms with E-state index in [1.807, 2.05) is 0 Å². The van der Waals surface area contributed by atoms with Gasteiger partial charge in [0.2, 0.25) is 0 Å². The molecule has 42 valence electrons. The Morgan fingerprint density at radius 1 is 1.17 bits per heavy atom. The highest BCUT2D eigenvalue weighted by molar-refractivity contribution is 8.01. The zero-order valence-corrected chi connectivity index (χ0v) is 6.25. The summed E-state index contributed by atoms with van der Waals surface area (Å²) in [5.74, 6) is 0. The van der Waals surface area contributed by atoms with Crippen LogP contribution in [-0.2, 0) is 9.93 Å². The standard InChI is InChI=1S/C3H10OS.H2S/c1-5(2,3)4;/h5H,1-3H3;1H2. The maximum atomic E-state index is 10.2. The molecule has 0 rings (SSSR count). The first-order valence-electron chi connectivity index (χ1n) is 1.52. The lowest BCUT2D eigenvalue weighted by molar-refractivity contribution is 0.682. The van der Waals surface area contributed by atoms with Crippen molar-refractivity contribution >= 4 is 23.4 Å². The van der Waals surface area contributed by atoms with Gasteiger partial charge in [-0.3, -0.25) is 4.21 Å². The number of hydrogen-bond acceptors (Lipinski definition) is 1. The van der Waals surface area contributed by atoms with Crippen LogP contribution < -0.4 is 0 Å². The van der Waals surface area contributed by atoms with Crippen LogP contribution in [0.5, 0.6) is 0 Å². The van der Waals surface area contributed by atoms with Crippen molar-refractivity contribution in [2.24, 2.45) is 0 Å². The molecule has 0 radical (unpaired) electrons. The Labute approximate surface area is 47.0 Å². The van der Waals surface area contributed by atoms with Crippen molar-refractivity contribution < 1.29 is 4.21 Å². The quantitative estimate of drug-likeness (QED) is 0.455. The van der Waals surface area contributed by atoms with Crippen molar-refractivity contribution in [1.29, 1.82) is 0 Å².